The summed E-state index contributed by atoms with van der Waals surface area (Å²) in [5.41, 5.74) is 5.83. The van der Waals surface area contributed by atoms with E-state index in [4.69, 9.17) is 24.2 Å². The van der Waals surface area contributed by atoms with Gasteiger partial charge in [0.1, 0.15) is 23.7 Å². The molecule has 0 spiro atoms. The molecule has 4 rings (SSSR count). The van der Waals surface area contributed by atoms with Crippen LogP contribution >= 0.6 is 0 Å². The van der Waals surface area contributed by atoms with Crippen molar-refractivity contribution in [3.8, 4) is 39.8 Å². The fraction of sp³-hybridized carbons (Fsp3) is 0.237. The first-order valence-electron chi connectivity index (χ1n) is 14.9. The second-order valence-corrected chi connectivity index (χ2v) is 10.5. The van der Waals surface area contributed by atoms with Crippen molar-refractivity contribution in [3.05, 3.63) is 121 Å². The zero-order chi connectivity index (χ0) is 32.9. The van der Waals surface area contributed by atoms with Crippen molar-refractivity contribution in [1.82, 2.24) is 4.90 Å². The van der Waals surface area contributed by atoms with Gasteiger partial charge in [-0.1, -0.05) is 78.9 Å². The fourth-order valence-electron chi connectivity index (χ4n) is 4.95. The largest absolute Gasteiger partial charge is 0.497 e. The zero-order valence-electron chi connectivity index (χ0n) is 26.3. The van der Waals surface area contributed by atoms with Gasteiger partial charge in [0, 0.05) is 13.5 Å². The summed E-state index contributed by atoms with van der Waals surface area (Å²) in [5.74, 6) is 0.594. The Morgan fingerprint density at radius 3 is 1.61 bits per heavy atom. The number of amides is 1. The van der Waals surface area contributed by atoms with Gasteiger partial charge in [0.05, 0.1) is 20.8 Å². The highest BCUT2D eigenvalue weighted by molar-refractivity contribution is 5.84. The minimum Gasteiger partial charge on any atom is -0.497 e. The molecule has 0 saturated carbocycles. The first-order valence-corrected chi connectivity index (χ1v) is 14.9. The number of carbonyl (C=O) groups excluding carboxylic acids is 2. The van der Waals surface area contributed by atoms with E-state index in [1.807, 2.05) is 103 Å². The monoisotopic (exact) mass is 618 g/mol. The highest BCUT2D eigenvalue weighted by Crippen LogP contribution is 2.32. The SMILES string of the molecule is C=CCCC(=O)N(C)[C@@H](COC(c1ccc(-c2ccc(OC)cc2)cc1)c1ccc(-c2ccc(OC)cc2)cc1)C(=O)OCC#N. The van der Waals surface area contributed by atoms with Gasteiger partial charge in [0.25, 0.3) is 0 Å². The molecule has 0 aliphatic heterocycles. The number of hydrogen-bond donors (Lipinski definition) is 0. The van der Waals surface area contributed by atoms with E-state index in [9.17, 15) is 9.59 Å². The molecule has 1 amide bonds. The second-order valence-electron chi connectivity index (χ2n) is 10.5. The van der Waals surface area contributed by atoms with Gasteiger partial charge in [-0.15, -0.1) is 6.58 Å². The highest BCUT2D eigenvalue weighted by Gasteiger charge is 2.30. The highest BCUT2D eigenvalue weighted by atomic mass is 16.5. The summed E-state index contributed by atoms with van der Waals surface area (Å²) in [5, 5.41) is 8.98. The third-order valence-electron chi connectivity index (χ3n) is 7.67. The van der Waals surface area contributed by atoms with Crippen molar-refractivity contribution in [3.63, 3.8) is 0 Å². The molecule has 0 heterocycles. The van der Waals surface area contributed by atoms with E-state index in [-0.39, 0.29) is 18.9 Å². The number of allylic oxidation sites excluding steroid dienone is 1. The second kappa shape index (κ2) is 16.6. The number of methoxy groups -OCH3 is 2. The summed E-state index contributed by atoms with van der Waals surface area (Å²) >= 11 is 0. The molecular weight excluding hydrogens is 580 g/mol. The maximum atomic E-state index is 13.0. The van der Waals surface area contributed by atoms with Gasteiger partial charge in [-0.2, -0.15) is 5.26 Å². The third-order valence-corrected chi connectivity index (χ3v) is 7.67. The maximum absolute atomic E-state index is 13.0. The van der Waals surface area contributed by atoms with Gasteiger partial charge in [0.2, 0.25) is 5.91 Å². The van der Waals surface area contributed by atoms with Crippen LogP contribution in [0.1, 0.15) is 30.1 Å². The van der Waals surface area contributed by atoms with Crippen molar-refractivity contribution < 1.29 is 28.5 Å². The number of hydrogen-bond acceptors (Lipinski definition) is 7. The molecule has 4 aromatic carbocycles. The van der Waals surface area contributed by atoms with Crippen LogP contribution in [0.15, 0.2) is 110 Å². The lowest BCUT2D eigenvalue weighted by atomic mass is 9.96. The van der Waals surface area contributed by atoms with Crippen molar-refractivity contribution in [2.45, 2.75) is 25.0 Å². The topological polar surface area (TPSA) is 98.1 Å². The van der Waals surface area contributed by atoms with Crippen molar-refractivity contribution >= 4 is 11.9 Å². The summed E-state index contributed by atoms with van der Waals surface area (Å²) in [4.78, 5) is 27.2. The van der Waals surface area contributed by atoms with Crippen LogP contribution in [0, 0.1) is 11.3 Å². The maximum Gasteiger partial charge on any atom is 0.332 e. The number of nitrogens with zero attached hydrogens (tertiary/aromatic N) is 2. The molecule has 1 atom stereocenters. The van der Waals surface area contributed by atoms with Crippen LogP contribution in [0.3, 0.4) is 0 Å². The van der Waals surface area contributed by atoms with Gasteiger partial charge < -0.3 is 23.8 Å². The van der Waals surface area contributed by atoms with Crippen LogP contribution in [-0.2, 0) is 19.1 Å². The Morgan fingerprint density at radius 2 is 1.22 bits per heavy atom. The Kier molecular flexibility index (Phi) is 12.1. The van der Waals surface area contributed by atoms with Crippen LogP contribution in [-0.4, -0.2) is 57.3 Å². The van der Waals surface area contributed by atoms with E-state index >= 15 is 0 Å². The predicted octanol–water partition coefficient (Wildman–Crippen LogP) is 7.00. The quantitative estimate of drug-likeness (QED) is 0.104. The molecule has 0 N–H and O–H groups in total. The molecule has 0 aliphatic rings. The Hall–Kier alpha value is -5.39. The standard InChI is InChI=1S/C38H38N2O6/c1-5-6-7-36(41)40(2)35(38(42)45-25-24-39)26-46-37(31-12-8-27(9-13-31)29-16-20-33(43-3)21-17-29)32-14-10-28(11-15-32)30-18-22-34(44-4)23-19-30/h5,8-23,35,37H,1,6-7,25-26H2,2-4H3/t35-/m0/s1. The molecule has 46 heavy (non-hydrogen) atoms. The number of likely N-dealkylation sites (N-methyl/N-ethyl adjacent to an activating group) is 1. The van der Waals surface area contributed by atoms with E-state index < -0.39 is 24.7 Å². The van der Waals surface area contributed by atoms with Gasteiger partial charge in [-0.05, 0) is 64.1 Å². The molecule has 8 nitrogen and oxygen atoms in total. The summed E-state index contributed by atoms with van der Waals surface area (Å²) < 4.78 is 22.2. The van der Waals surface area contributed by atoms with Gasteiger partial charge in [-0.25, -0.2) is 4.79 Å². The molecule has 0 unspecified atom stereocenters. The van der Waals surface area contributed by atoms with Gasteiger partial charge in [-0.3, -0.25) is 4.79 Å². The van der Waals surface area contributed by atoms with Crippen molar-refractivity contribution in [2.75, 3.05) is 34.5 Å². The van der Waals surface area contributed by atoms with Crippen LogP contribution in [0.2, 0.25) is 0 Å². The first kappa shape index (κ1) is 33.5. The Balaban J connectivity index is 1.65. The fourth-order valence-corrected chi connectivity index (χ4v) is 4.95. The first-order chi connectivity index (χ1) is 22.4. The van der Waals surface area contributed by atoms with E-state index in [0.29, 0.717) is 6.42 Å². The minimum absolute atomic E-state index is 0.147. The summed E-state index contributed by atoms with van der Waals surface area (Å²) in [6.45, 7) is 3.10. The molecule has 0 bridgehead atoms. The number of rotatable bonds is 15. The number of ether oxygens (including phenoxy) is 4. The predicted molar refractivity (Wildman–Crippen MR) is 177 cm³/mol. The molecule has 4 aromatic rings. The van der Waals surface area contributed by atoms with E-state index in [2.05, 4.69) is 6.58 Å². The summed E-state index contributed by atoms with van der Waals surface area (Å²) in [6.07, 6.45) is 1.73. The van der Waals surface area contributed by atoms with Crippen LogP contribution < -0.4 is 9.47 Å². The minimum atomic E-state index is -1.05. The molecule has 0 aromatic heterocycles. The molecule has 0 fully saturated rings. The molecule has 0 radical (unpaired) electrons. The summed E-state index contributed by atoms with van der Waals surface area (Å²) in [7, 11) is 4.81. The molecule has 8 heteroatoms. The zero-order valence-corrected chi connectivity index (χ0v) is 26.3. The Bertz CT molecular complexity index is 1530. The average molecular weight is 619 g/mol. The van der Waals surface area contributed by atoms with Crippen molar-refractivity contribution in [1.29, 1.82) is 5.26 Å². The third kappa shape index (κ3) is 8.62. The van der Waals surface area contributed by atoms with Crippen LogP contribution in [0.25, 0.3) is 22.3 Å². The molecule has 0 aliphatic carbocycles. The average Bonchev–Trinajstić information content (AvgIpc) is 3.11. The molecular formula is C38H38N2O6. The smallest absolute Gasteiger partial charge is 0.332 e. The number of benzene rings is 4. The van der Waals surface area contributed by atoms with E-state index in [1.54, 1.807) is 20.3 Å². The van der Waals surface area contributed by atoms with Crippen molar-refractivity contribution in [2.24, 2.45) is 0 Å². The normalized spacial score (nSPS) is 11.3. The number of carbonyl (C=O) groups is 2. The lowest BCUT2D eigenvalue weighted by Crippen LogP contribution is -2.46. The molecule has 236 valence electrons. The lowest BCUT2D eigenvalue weighted by molar-refractivity contribution is -0.156. The molecule has 0 saturated heterocycles. The van der Waals surface area contributed by atoms with Gasteiger partial charge >= 0.3 is 5.97 Å². The van der Waals surface area contributed by atoms with Crippen LogP contribution in [0.5, 0.6) is 11.5 Å². The number of esters is 1. The number of nitriles is 1. The Morgan fingerprint density at radius 1 is 0.783 bits per heavy atom. The van der Waals surface area contributed by atoms with E-state index in [0.717, 1.165) is 44.9 Å². The van der Waals surface area contributed by atoms with E-state index in [1.165, 1.54) is 11.9 Å². The summed E-state index contributed by atoms with van der Waals surface area (Å²) in [6, 6.07) is 32.4. The lowest BCUT2D eigenvalue weighted by Gasteiger charge is -2.28. The Labute approximate surface area is 270 Å². The van der Waals surface area contributed by atoms with Crippen LogP contribution in [0.4, 0.5) is 0 Å². The van der Waals surface area contributed by atoms with Gasteiger partial charge in [0.15, 0.2) is 12.6 Å².